The van der Waals surface area contributed by atoms with Gasteiger partial charge in [-0.05, 0) is 73.4 Å². The molecule has 0 aliphatic heterocycles. The zero-order valence-corrected chi connectivity index (χ0v) is 22.8. The van der Waals surface area contributed by atoms with Gasteiger partial charge in [-0.15, -0.1) is 0 Å². The standard InChI is InChI=1S/C29H34N2O6S/c1-4-5-19-37-29(33)24-11-13-25(14-12-24)30-28(32)21-31(18-17-23-9-7-6-8-10-23)38(34,35)26-15-16-27(36-3)22(2)20-26/h6-16,20H,4-5,17-19,21H2,1-3H3,(H,30,32). The van der Waals surface area contributed by atoms with Gasteiger partial charge >= 0.3 is 5.97 Å². The molecule has 0 bridgehead atoms. The number of carbonyl (C=O) groups excluding carboxylic acids is 2. The first-order valence-corrected chi connectivity index (χ1v) is 13.9. The summed E-state index contributed by atoms with van der Waals surface area (Å²) in [5, 5.41) is 2.73. The van der Waals surface area contributed by atoms with Crippen molar-refractivity contribution in [2.75, 3.05) is 32.1 Å². The Morgan fingerprint density at radius 2 is 1.68 bits per heavy atom. The average Bonchev–Trinajstić information content (AvgIpc) is 2.92. The number of nitrogens with zero attached hydrogens (tertiary/aromatic N) is 1. The van der Waals surface area contributed by atoms with Gasteiger partial charge in [-0.2, -0.15) is 4.31 Å². The van der Waals surface area contributed by atoms with Crippen LogP contribution in [0.5, 0.6) is 5.75 Å². The van der Waals surface area contributed by atoms with E-state index in [2.05, 4.69) is 5.32 Å². The number of ether oxygens (including phenoxy) is 2. The van der Waals surface area contributed by atoms with E-state index < -0.39 is 21.9 Å². The van der Waals surface area contributed by atoms with Crippen molar-refractivity contribution in [3.63, 3.8) is 0 Å². The maximum Gasteiger partial charge on any atom is 0.338 e. The van der Waals surface area contributed by atoms with Crippen molar-refractivity contribution in [2.24, 2.45) is 0 Å². The summed E-state index contributed by atoms with van der Waals surface area (Å²) in [7, 11) is -2.46. The summed E-state index contributed by atoms with van der Waals surface area (Å²) in [4.78, 5) is 25.1. The second kappa shape index (κ2) is 13.7. The van der Waals surface area contributed by atoms with Crippen LogP contribution in [0.25, 0.3) is 0 Å². The molecule has 202 valence electrons. The third-order valence-corrected chi connectivity index (χ3v) is 7.79. The molecule has 0 atom stereocenters. The quantitative estimate of drug-likeness (QED) is 0.247. The van der Waals surface area contributed by atoms with Gasteiger partial charge < -0.3 is 14.8 Å². The Labute approximate surface area is 224 Å². The maximum absolute atomic E-state index is 13.6. The summed E-state index contributed by atoms with van der Waals surface area (Å²) in [6.07, 6.45) is 2.16. The van der Waals surface area contributed by atoms with Gasteiger partial charge in [0.05, 0.1) is 30.7 Å². The molecule has 9 heteroatoms. The van der Waals surface area contributed by atoms with Gasteiger partial charge in [0.2, 0.25) is 15.9 Å². The number of unbranched alkanes of at least 4 members (excludes halogenated alkanes) is 1. The highest BCUT2D eigenvalue weighted by Gasteiger charge is 2.27. The monoisotopic (exact) mass is 538 g/mol. The minimum Gasteiger partial charge on any atom is -0.496 e. The summed E-state index contributed by atoms with van der Waals surface area (Å²) in [5.74, 6) is -0.343. The van der Waals surface area contributed by atoms with Crippen molar-refractivity contribution in [3.05, 3.63) is 89.5 Å². The van der Waals surface area contributed by atoms with Gasteiger partial charge in [0.15, 0.2) is 0 Å². The summed E-state index contributed by atoms with van der Waals surface area (Å²) >= 11 is 0. The van der Waals surface area contributed by atoms with E-state index in [1.165, 1.54) is 17.5 Å². The smallest absolute Gasteiger partial charge is 0.338 e. The van der Waals surface area contributed by atoms with Crippen LogP contribution in [0.4, 0.5) is 5.69 Å². The van der Waals surface area contributed by atoms with Crippen LogP contribution >= 0.6 is 0 Å². The largest absolute Gasteiger partial charge is 0.496 e. The molecule has 3 aromatic rings. The van der Waals surface area contributed by atoms with Crippen molar-refractivity contribution in [1.82, 2.24) is 4.31 Å². The normalized spacial score (nSPS) is 11.3. The third kappa shape index (κ3) is 7.90. The predicted molar refractivity (Wildman–Crippen MR) is 147 cm³/mol. The number of aryl methyl sites for hydroxylation is 1. The molecule has 0 saturated heterocycles. The number of sulfonamides is 1. The first kappa shape index (κ1) is 28.9. The number of benzene rings is 3. The van der Waals surface area contributed by atoms with Gasteiger partial charge in [-0.1, -0.05) is 43.7 Å². The molecule has 1 amide bonds. The van der Waals surface area contributed by atoms with Crippen LogP contribution in [0.2, 0.25) is 0 Å². The predicted octanol–water partition coefficient (Wildman–Crippen LogP) is 4.83. The fraction of sp³-hybridized carbons (Fsp3) is 0.310. The molecule has 38 heavy (non-hydrogen) atoms. The lowest BCUT2D eigenvalue weighted by molar-refractivity contribution is -0.116. The van der Waals surface area contributed by atoms with Crippen LogP contribution in [0, 0.1) is 6.92 Å². The summed E-state index contributed by atoms with van der Waals surface area (Å²) in [6, 6.07) is 20.4. The molecular formula is C29H34N2O6S. The minimum atomic E-state index is -3.98. The first-order chi connectivity index (χ1) is 18.2. The molecule has 8 nitrogen and oxygen atoms in total. The molecule has 0 radical (unpaired) electrons. The van der Waals surface area contributed by atoms with E-state index in [1.807, 2.05) is 37.3 Å². The van der Waals surface area contributed by atoms with Crippen LogP contribution in [-0.4, -0.2) is 51.4 Å². The van der Waals surface area contributed by atoms with Gasteiger partial charge in [-0.25, -0.2) is 13.2 Å². The second-order valence-electron chi connectivity index (χ2n) is 8.82. The zero-order chi connectivity index (χ0) is 27.5. The Bertz CT molecular complexity index is 1320. The van der Waals surface area contributed by atoms with Crippen molar-refractivity contribution in [3.8, 4) is 5.75 Å². The Hall–Kier alpha value is -3.69. The van der Waals surface area contributed by atoms with Gasteiger partial charge in [-0.3, -0.25) is 4.79 Å². The van der Waals surface area contributed by atoms with Crippen LogP contribution in [0.3, 0.4) is 0 Å². The van der Waals surface area contributed by atoms with E-state index in [9.17, 15) is 18.0 Å². The fourth-order valence-corrected chi connectivity index (χ4v) is 5.27. The Morgan fingerprint density at radius 3 is 2.32 bits per heavy atom. The number of nitrogens with one attached hydrogen (secondary N) is 1. The molecule has 0 spiro atoms. The van der Waals surface area contributed by atoms with Crippen LogP contribution in [-0.2, 0) is 26.0 Å². The van der Waals surface area contributed by atoms with Crippen LogP contribution in [0.15, 0.2) is 77.7 Å². The number of esters is 1. The number of methoxy groups -OCH3 is 1. The molecule has 3 aromatic carbocycles. The number of anilines is 1. The molecule has 0 aliphatic rings. The minimum absolute atomic E-state index is 0.0857. The number of carbonyl (C=O) groups is 2. The van der Waals surface area contributed by atoms with Crippen LogP contribution in [0.1, 0.15) is 41.3 Å². The van der Waals surface area contributed by atoms with Crippen LogP contribution < -0.4 is 10.1 Å². The van der Waals surface area contributed by atoms with Gasteiger partial charge in [0, 0.05) is 12.2 Å². The van der Waals surface area contributed by atoms with E-state index in [0.29, 0.717) is 35.6 Å². The molecule has 0 unspecified atom stereocenters. The lowest BCUT2D eigenvalue weighted by atomic mass is 10.1. The lowest BCUT2D eigenvalue weighted by Crippen LogP contribution is -2.39. The highest BCUT2D eigenvalue weighted by atomic mass is 32.2. The van der Waals surface area contributed by atoms with Crippen molar-refractivity contribution in [1.29, 1.82) is 0 Å². The molecule has 0 fully saturated rings. The molecule has 0 heterocycles. The van der Waals surface area contributed by atoms with E-state index in [0.717, 1.165) is 18.4 Å². The van der Waals surface area contributed by atoms with Gasteiger partial charge in [0.25, 0.3) is 0 Å². The molecule has 0 saturated carbocycles. The first-order valence-electron chi connectivity index (χ1n) is 12.5. The van der Waals surface area contributed by atoms with E-state index in [-0.39, 0.29) is 18.0 Å². The molecule has 3 rings (SSSR count). The molecule has 0 aliphatic carbocycles. The third-order valence-electron chi connectivity index (χ3n) is 5.95. The lowest BCUT2D eigenvalue weighted by Gasteiger charge is -2.22. The number of rotatable bonds is 13. The summed E-state index contributed by atoms with van der Waals surface area (Å²) in [5.41, 5.74) is 2.46. The average molecular weight is 539 g/mol. The SMILES string of the molecule is CCCCOC(=O)c1ccc(NC(=O)CN(CCc2ccccc2)S(=O)(=O)c2ccc(OC)c(C)c2)cc1. The highest BCUT2D eigenvalue weighted by molar-refractivity contribution is 7.89. The highest BCUT2D eigenvalue weighted by Crippen LogP contribution is 2.24. The number of hydrogen-bond donors (Lipinski definition) is 1. The summed E-state index contributed by atoms with van der Waals surface area (Å²) in [6.45, 7) is 3.88. The Morgan fingerprint density at radius 1 is 0.974 bits per heavy atom. The van der Waals surface area contributed by atoms with Crippen molar-refractivity contribution in [2.45, 2.75) is 38.0 Å². The second-order valence-corrected chi connectivity index (χ2v) is 10.8. The van der Waals surface area contributed by atoms with Crippen molar-refractivity contribution >= 4 is 27.6 Å². The Kier molecular flexibility index (Phi) is 10.4. The van der Waals surface area contributed by atoms with Crippen molar-refractivity contribution < 1.29 is 27.5 Å². The van der Waals surface area contributed by atoms with E-state index in [4.69, 9.17) is 9.47 Å². The summed E-state index contributed by atoms with van der Waals surface area (Å²) < 4.78 is 38.8. The maximum atomic E-state index is 13.6. The Balaban J connectivity index is 1.74. The molecular weight excluding hydrogens is 504 g/mol. The van der Waals surface area contributed by atoms with E-state index in [1.54, 1.807) is 43.3 Å². The number of amides is 1. The zero-order valence-electron chi connectivity index (χ0n) is 22.0. The number of hydrogen-bond acceptors (Lipinski definition) is 6. The topological polar surface area (TPSA) is 102 Å². The molecule has 1 N–H and O–H groups in total. The molecule has 0 aromatic heterocycles. The van der Waals surface area contributed by atoms with Gasteiger partial charge in [0.1, 0.15) is 5.75 Å². The fourth-order valence-electron chi connectivity index (χ4n) is 3.79. The van der Waals surface area contributed by atoms with E-state index >= 15 is 0 Å².